The van der Waals surface area contributed by atoms with Gasteiger partial charge in [0.1, 0.15) is 0 Å². The van der Waals surface area contributed by atoms with E-state index in [1.54, 1.807) is 6.20 Å². The molecular formula is C29H35BrN2O. The first kappa shape index (κ1) is 25.2. The van der Waals surface area contributed by atoms with Crippen LogP contribution < -0.4 is 5.32 Å². The average Bonchev–Trinajstić information content (AvgIpc) is 2.82. The van der Waals surface area contributed by atoms with Gasteiger partial charge in [0.15, 0.2) is 0 Å². The van der Waals surface area contributed by atoms with Crippen molar-refractivity contribution in [2.24, 2.45) is 0 Å². The van der Waals surface area contributed by atoms with Crippen molar-refractivity contribution in [1.82, 2.24) is 4.98 Å². The number of rotatable bonds is 11. The van der Waals surface area contributed by atoms with Crippen LogP contribution in [0.25, 0.3) is 16.5 Å². The molecule has 4 heteroatoms. The minimum atomic E-state index is -0.0862. The number of unbranched alkanes of at least 4 members (excludes halogenated alkanes) is 5. The number of benzene rings is 2. The Labute approximate surface area is 206 Å². The number of hydrogen-bond donors (Lipinski definition) is 1. The summed E-state index contributed by atoms with van der Waals surface area (Å²) in [6.07, 6.45) is 13.3. The summed E-state index contributed by atoms with van der Waals surface area (Å²) in [6, 6.07) is 14.0. The topological polar surface area (TPSA) is 42.0 Å². The molecule has 0 spiro atoms. The Morgan fingerprint density at radius 3 is 2.55 bits per heavy atom. The van der Waals surface area contributed by atoms with E-state index in [9.17, 15) is 4.79 Å². The van der Waals surface area contributed by atoms with Crippen LogP contribution in [0, 0.1) is 6.92 Å². The number of halogens is 1. The number of para-hydroxylation sites is 1. The minimum absolute atomic E-state index is 0.0862. The lowest BCUT2D eigenvalue weighted by molar-refractivity contribution is 0.102. The van der Waals surface area contributed by atoms with Gasteiger partial charge >= 0.3 is 0 Å². The van der Waals surface area contributed by atoms with Gasteiger partial charge in [-0.15, -0.1) is 0 Å². The molecule has 0 fully saturated rings. The molecule has 0 radical (unpaired) electrons. The fourth-order valence-corrected chi connectivity index (χ4v) is 4.55. The highest BCUT2D eigenvalue weighted by atomic mass is 79.9. The number of nitrogens with one attached hydrogen (secondary N) is 1. The zero-order valence-corrected chi connectivity index (χ0v) is 21.7. The Balaban J connectivity index is 1.99. The molecule has 0 saturated heterocycles. The van der Waals surface area contributed by atoms with Crippen molar-refractivity contribution in [3.05, 3.63) is 75.9 Å². The Morgan fingerprint density at radius 1 is 1.00 bits per heavy atom. The van der Waals surface area contributed by atoms with Gasteiger partial charge in [-0.1, -0.05) is 85.8 Å². The van der Waals surface area contributed by atoms with E-state index >= 15 is 0 Å². The molecule has 3 rings (SSSR count). The summed E-state index contributed by atoms with van der Waals surface area (Å²) >= 11 is 3.65. The highest BCUT2D eigenvalue weighted by Crippen LogP contribution is 2.32. The molecule has 0 unspecified atom stereocenters. The van der Waals surface area contributed by atoms with Crippen LogP contribution in [0.3, 0.4) is 0 Å². The van der Waals surface area contributed by atoms with Crippen LogP contribution in [0.15, 0.2) is 59.2 Å². The minimum Gasteiger partial charge on any atom is -0.320 e. The van der Waals surface area contributed by atoms with Crippen LogP contribution in [0.5, 0.6) is 0 Å². The first-order valence-electron chi connectivity index (χ1n) is 12.2. The summed E-state index contributed by atoms with van der Waals surface area (Å²) in [5, 5.41) is 4.17. The maximum absolute atomic E-state index is 13.7. The third-order valence-electron chi connectivity index (χ3n) is 6.10. The summed E-state index contributed by atoms with van der Waals surface area (Å²) in [6.45, 7) is 6.48. The lowest BCUT2D eigenvalue weighted by atomic mass is 9.91. The summed E-state index contributed by atoms with van der Waals surface area (Å²) < 4.78 is 0.950. The Morgan fingerprint density at radius 2 is 1.76 bits per heavy atom. The van der Waals surface area contributed by atoms with Crippen LogP contribution in [-0.4, -0.2) is 10.9 Å². The molecule has 0 bridgehead atoms. The smallest absolute Gasteiger partial charge is 0.256 e. The van der Waals surface area contributed by atoms with E-state index in [-0.39, 0.29) is 5.91 Å². The lowest BCUT2D eigenvalue weighted by Gasteiger charge is -2.18. The molecule has 3 nitrogen and oxygen atoms in total. The number of amides is 1. The second-order valence-electron chi connectivity index (χ2n) is 8.61. The van der Waals surface area contributed by atoms with Crippen molar-refractivity contribution in [2.75, 3.05) is 5.32 Å². The molecule has 1 amide bonds. The summed E-state index contributed by atoms with van der Waals surface area (Å²) in [5.74, 6) is -0.0862. The number of anilines is 1. The predicted molar refractivity (Wildman–Crippen MR) is 145 cm³/mol. The number of fused-ring (bicyclic) bond motifs is 1. The summed E-state index contributed by atoms with van der Waals surface area (Å²) in [4.78, 5) is 18.2. The molecule has 3 aromatic rings. The molecule has 1 aromatic heterocycles. The molecule has 0 atom stereocenters. The number of nitrogens with zero attached hydrogens (tertiary/aromatic N) is 1. The van der Waals surface area contributed by atoms with E-state index in [2.05, 4.69) is 58.3 Å². The van der Waals surface area contributed by atoms with Crippen LogP contribution >= 0.6 is 15.9 Å². The van der Waals surface area contributed by atoms with Crippen molar-refractivity contribution in [1.29, 1.82) is 0 Å². The number of hydrogen-bond acceptors (Lipinski definition) is 2. The van der Waals surface area contributed by atoms with E-state index in [4.69, 9.17) is 0 Å². The van der Waals surface area contributed by atoms with Gasteiger partial charge in [0, 0.05) is 16.1 Å². The number of carbonyl (C=O) groups excluding carboxylic acids is 1. The number of allylic oxidation sites excluding steroid dienone is 2. The predicted octanol–water partition coefficient (Wildman–Crippen LogP) is 9.10. The Bertz CT molecular complexity index is 1110. The molecular weight excluding hydrogens is 472 g/mol. The number of carbonyl (C=O) groups is 1. The van der Waals surface area contributed by atoms with Gasteiger partial charge in [0.2, 0.25) is 0 Å². The van der Waals surface area contributed by atoms with Gasteiger partial charge in [-0.05, 0) is 67.5 Å². The van der Waals surface area contributed by atoms with E-state index in [0.717, 1.165) is 57.0 Å². The van der Waals surface area contributed by atoms with Crippen molar-refractivity contribution < 1.29 is 4.79 Å². The fourth-order valence-electron chi connectivity index (χ4n) is 4.22. The maximum Gasteiger partial charge on any atom is 0.256 e. The quantitative estimate of drug-likeness (QED) is 0.263. The number of pyridine rings is 1. The molecule has 0 saturated carbocycles. The highest BCUT2D eigenvalue weighted by molar-refractivity contribution is 9.10. The number of aromatic nitrogens is 1. The van der Waals surface area contributed by atoms with E-state index in [1.807, 2.05) is 37.3 Å². The third kappa shape index (κ3) is 6.54. The van der Waals surface area contributed by atoms with E-state index < -0.39 is 0 Å². The largest absolute Gasteiger partial charge is 0.320 e. The van der Waals surface area contributed by atoms with Gasteiger partial charge < -0.3 is 5.32 Å². The zero-order valence-electron chi connectivity index (χ0n) is 20.1. The van der Waals surface area contributed by atoms with Crippen molar-refractivity contribution in [2.45, 2.75) is 72.1 Å². The van der Waals surface area contributed by atoms with E-state index in [0.29, 0.717) is 0 Å². The first-order chi connectivity index (χ1) is 16.1. The van der Waals surface area contributed by atoms with Crippen LogP contribution in [0.4, 0.5) is 5.69 Å². The van der Waals surface area contributed by atoms with Gasteiger partial charge in [-0.3, -0.25) is 9.78 Å². The molecule has 1 heterocycles. The van der Waals surface area contributed by atoms with Crippen LogP contribution in [0.1, 0.15) is 86.7 Å². The lowest BCUT2D eigenvalue weighted by Crippen LogP contribution is -2.16. The second-order valence-corrected chi connectivity index (χ2v) is 9.47. The summed E-state index contributed by atoms with van der Waals surface area (Å²) in [7, 11) is 0. The van der Waals surface area contributed by atoms with Crippen LogP contribution in [0.2, 0.25) is 0 Å². The molecule has 174 valence electrons. The SMILES string of the molecule is CCCCC/C=C(\CCCCC)c1ccc(Br)c(C)c1C(=O)Nc1cccc2cccnc12. The average molecular weight is 508 g/mol. The maximum atomic E-state index is 13.7. The third-order valence-corrected chi connectivity index (χ3v) is 6.96. The van der Waals surface area contributed by atoms with Crippen molar-refractivity contribution in [3.8, 4) is 0 Å². The van der Waals surface area contributed by atoms with Gasteiger partial charge in [0.05, 0.1) is 16.8 Å². The molecule has 2 aromatic carbocycles. The fraction of sp³-hybridized carbons (Fsp3) is 0.379. The normalized spacial score (nSPS) is 11.7. The van der Waals surface area contributed by atoms with Crippen LogP contribution in [-0.2, 0) is 0 Å². The molecule has 0 aliphatic rings. The van der Waals surface area contributed by atoms with Gasteiger partial charge in [-0.2, -0.15) is 0 Å². The van der Waals surface area contributed by atoms with Gasteiger partial charge in [-0.25, -0.2) is 0 Å². The standard InChI is InChI=1S/C29H35BrN2O/c1-4-6-8-10-14-22(13-9-7-5-2)24-18-19-25(30)21(3)27(24)29(33)32-26-17-11-15-23-16-12-20-31-28(23)26/h11-12,14-20H,4-10,13H2,1-3H3,(H,32,33)/b22-14+. The second kappa shape index (κ2) is 12.7. The summed E-state index contributed by atoms with van der Waals surface area (Å²) in [5.41, 5.74) is 5.60. The van der Waals surface area contributed by atoms with E-state index in [1.165, 1.54) is 37.7 Å². The van der Waals surface area contributed by atoms with Crippen molar-refractivity contribution >= 4 is 44.0 Å². The first-order valence-corrected chi connectivity index (χ1v) is 13.0. The monoisotopic (exact) mass is 506 g/mol. The molecule has 1 N–H and O–H groups in total. The Hall–Kier alpha value is -2.46. The molecule has 0 aliphatic heterocycles. The highest BCUT2D eigenvalue weighted by Gasteiger charge is 2.20. The zero-order chi connectivity index (χ0) is 23.6. The molecule has 0 aliphatic carbocycles. The molecule has 33 heavy (non-hydrogen) atoms. The Kier molecular flexibility index (Phi) is 9.68. The van der Waals surface area contributed by atoms with Crippen molar-refractivity contribution in [3.63, 3.8) is 0 Å². The van der Waals surface area contributed by atoms with Gasteiger partial charge in [0.25, 0.3) is 5.91 Å².